The van der Waals surface area contributed by atoms with Gasteiger partial charge in [0.05, 0.1) is 0 Å². The van der Waals surface area contributed by atoms with Crippen LogP contribution in [0.5, 0.6) is 0 Å². The zero-order valence-corrected chi connectivity index (χ0v) is 12.2. The highest BCUT2D eigenvalue weighted by Crippen LogP contribution is 2.20. The number of rotatable bonds is 4. The number of carbonyl (C=O) groups excluding carboxylic acids is 1. The molecule has 0 aliphatic carbocycles. The first-order valence-corrected chi connectivity index (χ1v) is 6.52. The Bertz CT molecular complexity index is 426. The van der Waals surface area contributed by atoms with Gasteiger partial charge in [0.25, 0.3) is 5.91 Å². The van der Waals surface area contributed by atoms with E-state index in [0.717, 1.165) is 18.6 Å². The minimum absolute atomic E-state index is 0.277. The second-order valence-electron chi connectivity index (χ2n) is 4.65. The van der Waals surface area contributed by atoms with Crippen LogP contribution in [-0.2, 0) is 0 Å². The van der Waals surface area contributed by atoms with Crippen LogP contribution in [0.15, 0.2) is 16.6 Å². The molecule has 0 heterocycles. The van der Waals surface area contributed by atoms with Crippen LogP contribution in [0.1, 0.15) is 30.6 Å². The summed E-state index contributed by atoms with van der Waals surface area (Å²) in [6.07, 6.45) is 0.794. The third kappa shape index (κ3) is 3.77. The van der Waals surface area contributed by atoms with E-state index in [9.17, 15) is 13.6 Å². The van der Waals surface area contributed by atoms with Crippen molar-refractivity contribution < 1.29 is 13.6 Å². The van der Waals surface area contributed by atoms with Gasteiger partial charge in [0.2, 0.25) is 0 Å². The molecule has 1 rings (SSSR count). The van der Waals surface area contributed by atoms with Gasteiger partial charge in [0.1, 0.15) is 17.2 Å². The summed E-state index contributed by atoms with van der Waals surface area (Å²) in [7, 11) is 1.55. The van der Waals surface area contributed by atoms with Crippen LogP contribution >= 0.6 is 15.9 Å². The van der Waals surface area contributed by atoms with Gasteiger partial charge in [0, 0.05) is 18.1 Å². The molecule has 0 saturated carbocycles. The van der Waals surface area contributed by atoms with Gasteiger partial charge in [-0.05, 0) is 24.5 Å². The van der Waals surface area contributed by atoms with Gasteiger partial charge in [-0.1, -0.05) is 29.8 Å². The average Bonchev–Trinajstić information content (AvgIpc) is 2.24. The summed E-state index contributed by atoms with van der Waals surface area (Å²) in [5.41, 5.74) is -0.496. The predicted octanol–water partition coefficient (Wildman–Crippen LogP) is 3.85. The summed E-state index contributed by atoms with van der Waals surface area (Å²) < 4.78 is 27.5. The molecule has 0 aliphatic rings. The van der Waals surface area contributed by atoms with E-state index in [1.807, 2.05) is 13.8 Å². The molecule has 0 aromatic heterocycles. The number of benzene rings is 1. The number of hydrogen-bond donors (Lipinski definition) is 0. The lowest BCUT2D eigenvalue weighted by atomic mass is 10.1. The lowest BCUT2D eigenvalue weighted by molar-refractivity contribution is 0.0779. The van der Waals surface area contributed by atoms with Gasteiger partial charge < -0.3 is 4.90 Å². The Kier molecular flexibility index (Phi) is 5.26. The van der Waals surface area contributed by atoms with Crippen LogP contribution < -0.4 is 0 Å². The van der Waals surface area contributed by atoms with Crippen molar-refractivity contribution in [2.45, 2.75) is 20.3 Å². The van der Waals surface area contributed by atoms with Crippen LogP contribution in [0.3, 0.4) is 0 Å². The molecule has 1 aromatic rings. The SMILES string of the molecule is CC(C)CCN(C)C(=O)c1c(F)cc(Br)cc1F. The van der Waals surface area contributed by atoms with Gasteiger partial charge in [-0.3, -0.25) is 4.79 Å². The van der Waals surface area contributed by atoms with Crippen molar-refractivity contribution in [1.29, 1.82) is 0 Å². The number of carbonyl (C=O) groups is 1. The Hall–Kier alpha value is -0.970. The molecule has 18 heavy (non-hydrogen) atoms. The number of hydrogen-bond acceptors (Lipinski definition) is 1. The van der Waals surface area contributed by atoms with Crippen molar-refractivity contribution >= 4 is 21.8 Å². The van der Waals surface area contributed by atoms with E-state index < -0.39 is 23.1 Å². The summed E-state index contributed by atoms with van der Waals surface area (Å²) in [4.78, 5) is 13.3. The van der Waals surface area contributed by atoms with Crippen LogP contribution in [0.4, 0.5) is 8.78 Å². The molecule has 0 fully saturated rings. The number of nitrogens with zero attached hydrogens (tertiary/aromatic N) is 1. The van der Waals surface area contributed by atoms with Gasteiger partial charge in [-0.2, -0.15) is 0 Å². The van der Waals surface area contributed by atoms with Gasteiger partial charge >= 0.3 is 0 Å². The zero-order chi connectivity index (χ0) is 13.9. The molecule has 100 valence electrons. The summed E-state index contributed by atoms with van der Waals surface area (Å²) in [5.74, 6) is -1.88. The predicted molar refractivity (Wildman–Crippen MR) is 70.5 cm³/mol. The van der Waals surface area contributed by atoms with Crippen molar-refractivity contribution in [3.8, 4) is 0 Å². The highest BCUT2D eigenvalue weighted by Gasteiger charge is 2.21. The molecule has 5 heteroatoms. The van der Waals surface area contributed by atoms with Crippen LogP contribution in [0.2, 0.25) is 0 Å². The number of amides is 1. The maximum absolute atomic E-state index is 13.6. The smallest absolute Gasteiger partial charge is 0.259 e. The Morgan fingerprint density at radius 3 is 2.28 bits per heavy atom. The molecule has 2 nitrogen and oxygen atoms in total. The van der Waals surface area contributed by atoms with E-state index >= 15 is 0 Å². The molecule has 0 bridgehead atoms. The largest absolute Gasteiger partial charge is 0.342 e. The quantitative estimate of drug-likeness (QED) is 0.825. The maximum Gasteiger partial charge on any atom is 0.259 e. The molecule has 0 spiro atoms. The molecule has 1 amide bonds. The summed E-state index contributed by atoms with van der Waals surface area (Å²) in [5, 5.41) is 0. The summed E-state index contributed by atoms with van der Waals surface area (Å²) in [6, 6.07) is 2.18. The summed E-state index contributed by atoms with van der Waals surface area (Å²) >= 11 is 2.98. The molecule has 0 N–H and O–H groups in total. The maximum atomic E-state index is 13.6. The van der Waals surface area contributed by atoms with Gasteiger partial charge in [0.15, 0.2) is 0 Å². The third-order valence-electron chi connectivity index (χ3n) is 2.61. The van der Waals surface area contributed by atoms with Crippen molar-refractivity contribution in [3.63, 3.8) is 0 Å². The highest BCUT2D eigenvalue weighted by atomic mass is 79.9. The lowest BCUT2D eigenvalue weighted by Gasteiger charge is -2.19. The Balaban J connectivity index is 2.90. The standard InChI is InChI=1S/C13H16BrF2NO/c1-8(2)4-5-17(3)13(18)12-10(15)6-9(14)7-11(12)16/h6-8H,4-5H2,1-3H3. The fourth-order valence-corrected chi connectivity index (χ4v) is 1.89. The van der Waals surface area contributed by atoms with Crippen LogP contribution in [0, 0.1) is 17.6 Å². The fourth-order valence-electron chi connectivity index (χ4n) is 1.49. The lowest BCUT2D eigenvalue weighted by Crippen LogP contribution is -2.30. The molecule has 0 unspecified atom stereocenters. The van der Waals surface area contributed by atoms with E-state index in [-0.39, 0.29) is 4.47 Å². The Morgan fingerprint density at radius 2 is 1.83 bits per heavy atom. The zero-order valence-electron chi connectivity index (χ0n) is 10.6. The second-order valence-corrected chi connectivity index (χ2v) is 5.57. The minimum Gasteiger partial charge on any atom is -0.342 e. The van der Waals surface area contributed by atoms with Crippen molar-refractivity contribution in [1.82, 2.24) is 4.90 Å². The molecule has 1 aromatic carbocycles. The average molecular weight is 320 g/mol. The highest BCUT2D eigenvalue weighted by molar-refractivity contribution is 9.10. The Morgan fingerprint density at radius 1 is 1.33 bits per heavy atom. The van der Waals surface area contributed by atoms with Crippen LogP contribution in [-0.4, -0.2) is 24.4 Å². The van der Waals surface area contributed by atoms with Crippen LogP contribution in [0.25, 0.3) is 0 Å². The van der Waals surface area contributed by atoms with Gasteiger partial charge in [-0.25, -0.2) is 8.78 Å². The Labute approximate surface area is 114 Å². The molecule has 0 aliphatic heterocycles. The monoisotopic (exact) mass is 319 g/mol. The van der Waals surface area contributed by atoms with Gasteiger partial charge in [-0.15, -0.1) is 0 Å². The second kappa shape index (κ2) is 6.27. The topological polar surface area (TPSA) is 20.3 Å². The molecule has 0 saturated heterocycles. The first kappa shape index (κ1) is 15.1. The van der Waals surface area contributed by atoms with E-state index in [1.54, 1.807) is 7.05 Å². The van der Waals surface area contributed by atoms with E-state index in [2.05, 4.69) is 15.9 Å². The molecule has 0 atom stereocenters. The molecular formula is C13H16BrF2NO. The van der Waals surface area contributed by atoms with Crippen molar-refractivity contribution in [3.05, 3.63) is 33.8 Å². The molecule has 0 radical (unpaired) electrons. The minimum atomic E-state index is -0.844. The fraction of sp³-hybridized carbons (Fsp3) is 0.462. The normalized spacial score (nSPS) is 10.8. The number of halogens is 3. The first-order chi connectivity index (χ1) is 8.32. The van der Waals surface area contributed by atoms with E-state index in [4.69, 9.17) is 0 Å². The summed E-state index contributed by atoms with van der Waals surface area (Å²) in [6.45, 7) is 4.53. The molecular weight excluding hydrogens is 304 g/mol. The van der Waals surface area contributed by atoms with E-state index in [0.29, 0.717) is 12.5 Å². The van der Waals surface area contributed by atoms with Crippen molar-refractivity contribution in [2.75, 3.05) is 13.6 Å². The third-order valence-corrected chi connectivity index (χ3v) is 3.07. The first-order valence-electron chi connectivity index (χ1n) is 5.73. The van der Waals surface area contributed by atoms with E-state index in [1.165, 1.54) is 4.90 Å². The van der Waals surface area contributed by atoms with Crippen molar-refractivity contribution in [2.24, 2.45) is 5.92 Å².